The molecule has 1 rings (SSSR count). The summed E-state index contributed by atoms with van der Waals surface area (Å²) in [4.78, 5) is 2.42. The fraction of sp³-hybridized carbons (Fsp3) is 0.700. The van der Waals surface area contributed by atoms with Crippen molar-refractivity contribution < 1.29 is 0 Å². The van der Waals surface area contributed by atoms with Gasteiger partial charge in [0.2, 0.25) is 0 Å². The molecule has 0 aliphatic heterocycles. The van der Waals surface area contributed by atoms with Crippen LogP contribution in [-0.4, -0.2) is 45.5 Å². The van der Waals surface area contributed by atoms with E-state index in [9.17, 15) is 0 Å². The van der Waals surface area contributed by atoms with Crippen molar-refractivity contribution in [3.63, 3.8) is 0 Å². The summed E-state index contributed by atoms with van der Waals surface area (Å²) in [5.41, 5.74) is 7.31. The van der Waals surface area contributed by atoms with Crippen molar-refractivity contribution in [1.82, 2.24) is 19.9 Å². The van der Waals surface area contributed by atoms with Crippen molar-refractivity contribution in [2.75, 3.05) is 20.6 Å². The molecule has 1 aromatic heterocycles. The van der Waals surface area contributed by atoms with E-state index in [1.165, 1.54) is 0 Å². The lowest BCUT2D eigenvalue weighted by molar-refractivity contribution is 0.365. The van der Waals surface area contributed by atoms with Gasteiger partial charge in [-0.1, -0.05) is 31.3 Å². The number of hydrogen-bond acceptors (Lipinski definition) is 4. The van der Waals surface area contributed by atoms with Crippen LogP contribution in [0, 0.1) is 0 Å². The van der Waals surface area contributed by atoms with Crippen LogP contribution >= 0.6 is 12.2 Å². The Morgan fingerprint density at radius 3 is 2.56 bits per heavy atom. The molecule has 2 N–H and O–H groups in total. The largest absolute Gasteiger partial charge is 0.388 e. The van der Waals surface area contributed by atoms with Gasteiger partial charge in [0.05, 0.1) is 12.2 Å². The highest BCUT2D eigenvalue weighted by Crippen LogP contribution is 2.17. The molecular weight excluding hydrogens is 222 g/mol. The molecule has 0 fully saturated rings. The Morgan fingerprint density at radius 1 is 1.50 bits per heavy atom. The third-order valence-electron chi connectivity index (χ3n) is 2.31. The highest BCUT2D eigenvalue weighted by molar-refractivity contribution is 7.80. The van der Waals surface area contributed by atoms with E-state index in [2.05, 4.69) is 29.1 Å². The van der Waals surface area contributed by atoms with E-state index in [-0.39, 0.29) is 0 Å². The average Bonchev–Trinajstić information content (AvgIpc) is 2.57. The first kappa shape index (κ1) is 13.1. The highest BCUT2D eigenvalue weighted by Gasteiger charge is 2.17. The first-order valence-corrected chi connectivity index (χ1v) is 5.72. The molecule has 5 nitrogen and oxygen atoms in total. The van der Waals surface area contributed by atoms with Crippen LogP contribution in [0.15, 0.2) is 0 Å². The Hall–Kier alpha value is -1.01. The number of thiocarbonyl (C=S) groups is 1. The Labute approximate surface area is 102 Å². The maximum atomic E-state index is 5.63. The molecule has 0 aliphatic rings. The zero-order chi connectivity index (χ0) is 12.3. The van der Waals surface area contributed by atoms with Crippen molar-refractivity contribution in [1.29, 1.82) is 0 Å². The normalized spacial score (nSPS) is 11.4. The first-order chi connectivity index (χ1) is 7.43. The second-order valence-electron chi connectivity index (χ2n) is 4.37. The van der Waals surface area contributed by atoms with Gasteiger partial charge in [0.1, 0.15) is 10.7 Å². The molecule has 0 aromatic carbocycles. The molecule has 1 heterocycles. The number of likely N-dealkylation sites (N-methyl/N-ethyl adjacent to an activating group) is 1. The summed E-state index contributed by atoms with van der Waals surface area (Å²) in [6.07, 6.45) is 0. The lowest BCUT2D eigenvalue weighted by Gasteiger charge is -2.13. The van der Waals surface area contributed by atoms with Crippen molar-refractivity contribution >= 4 is 17.2 Å². The highest BCUT2D eigenvalue weighted by atomic mass is 32.1. The van der Waals surface area contributed by atoms with Crippen LogP contribution in [0.25, 0.3) is 0 Å². The van der Waals surface area contributed by atoms with Crippen LogP contribution in [0.4, 0.5) is 0 Å². The second kappa shape index (κ2) is 5.36. The van der Waals surface area contributed by atoms with Gasteiger partial charge in [-0.15, -0.1) is 5.10 Å². The number of nitrogens with zero attached hydrogens (tertiary/aromatic N) is 4. The molecule has 0 atom stereocenters. The van der Waals surface area contributed by atoms with Gasteiger partial charge >= 0.3 is 0 Å². The summed E-state index contributed by atoms with van der Waals surface area (Å²) in [6, 6.07) is 0. The van der Waals surface area contributed by atoms with Crippen molar-refractivity contribution in [2.24, 2.45) is 5.73 Å². The minimum Gasteiger partial charge on any atom is -0.388 e. The van der Waals surface area contributed by atoms with Crippen LogP contribution in [0.5, 0.6) is 0 Å². The SMILES string of the molecule is CC(C)c1c(C(N)=S)nnn1CCN(C)C. The van der Waals surface area contributed by atoms with Crippen LogP contribution in [0.1, 0.15) is 31.2 Å². The molecule has 0 unspecified atom stereocenters. The lowest BCUT2D eigenvalue weighted by Crippen LogP contribution is -2.21. The summed E-state index contributed by atoms with van der Waals surface area (Å²) in [6.45, 7) is 5.90. The standard InChI is InChI=1S/C10H19N5S/c1-7(2)9-8(10(11)16)12-13-15(9)6-5-14(3)4/h7H,5-6H2,1-4H3,(H2,11,16). The maximum absolute atomic E-state index is 5.63. The summed E-state index contributed by atoms with van der Waals surface area (Å²) >= 11 is 4.97. The topological polar surface area (TPSA) is 60.0 Å². The molecule has 0 aliphatic carbocycles. The van der Waals surface area contributed by atoms with Gasteiger partial charge in [0, 0.05) is 6.54 Å². The molecule has 0 radical (unpaired) electrons. The smallest absolute Gasteiger partial charge is 0.143 e. The van der Waals surface area contributed by atoms with Gasteiger partial charge in [-0.05, 0) is 20.0 Å². The number of nitrogens with two attached hydrogens (primary N) is 1. The Bertz CT molecular complexity index is 369. The third-order valence-corrected chi connectivity index (χ3v) is 2.51. The first-order valence-electron chi connectivity index (χ1n) is 5.31. The zero-order valence-electron chi connectivity index (χ0n) is 10.3. The van der Waals surface area contributed by atoms with Gasteiger partial charge in [0.15, 0.2) is 0 Å². The summed E-state index contributed by atoms with van der Waals surface area (Å²) < 4.78 is 1.89. The lowest BCUT2D eigenvalue weighted by atomic mass is 10.1. The van der Waals surface area contributed by atoms with Crippen LogP contribution in [-0.2, 0) is 6.54 Å². The molecule has 1 aromatic rings. The van der Waals surface area contributed by atoms with E-state index in [1.807, 2.05) is 18.8 Å². The zero-order valence-corrected chi connectivity index (χ0v) is 11.1. The predicted molar refractivity (Wildman–Crippen MR) is 68.6 cm³/mol. The van der Waals surface area contributed by atoms with Gasteiger partial charge in [0.25, 0.3) is 0 Å². The average molecular weight is 241 g/mol. The maximum Gasteiger partial charge on any atom is 0.143 e. The number of aromatic nitrogens is 3. The van der Waals surface area contributed by atoms with Crippen molar-refractivity contribution in [2.45, 2.75) is 26.3 Å². The van der Waals surface area contributed by atoms with Gasteiger partial charge in [-0.3, -0.25) is 0 Å². The fourth-order valence-corrected chi connectivity index (χ4v) is 1.67. The molecule has 6 heteroatoms. The Balaban J connectivity index is 2.96. The third kappa shape index (κ3) is 2.99. The molecule has 0 saturated carbocycles. The van der Waals surface area contributed by atoms with E-state index in [1.54, 1.807) is 0 Å². The molecule has 16 heavy (non-hydrogen) atoms. The molecule has 0 amide bonds. The van der Waals surface area contributed by atoms with Gasteiger partial charge in [-0.25, -0.2) is 4.68 Å². The van der Waals surface area contributed by atoms with Crippen molar-refractivity contribution in [3.8, 4) is 0 Å². The predicted octanol–water partition coefficient (Wildman–Crippen LogP) is 0.597. The summed E-state index contributed by atoms with van der Waals surface area (Å²) in [7, 11) is 4.06. The fourth-order valence-electron chi connectivity index (χ4n) is 1.53. The van der Waals surface area contributed by atoms with Crippen LogP contribution in [0.2, 0.25) is 0 Å². The van der Waals surface area contributed by atoms with Crippen molar-refractivity contribution in [3.05, 3.63) is 11.4 Å². The minimum absolute atomic E-state index is 0.314. The number of rotatable bonds is 5. The van der Waals surface area contributed by atoms with E-state index in [0.717, 1.165) is 18.8 Å². The second-order valence-corrected chi connectivity index (χ2v) is 4.81. The van der Waals surface area contributed by atoms with Crippen LogP contribution in [0.3, 0.4) is 0 Å². The molecule has 0 bridgehead atoms. The van der Waals surface area contributed by atoms with E-state index in [0.29, 0.717) is 16.6 Å². The molecule has 0 spiro atoms. The molecule has 0 saturated heterocycles. The van der Waals surface area contributed by atoms with E-state index >= 15 is 0 Å². The van der Waals surface area contributed by atoms with Gasteiger partial charge < -0.3 is 10.6 Å². The summed E-state index contributed by atoms with van der Waals surface area (Å²) in [5.74, 6) is 0.314. The molecular formula is C10H19N5S. The molecule has 90 valence electrons. The Morgan fingerprint density at radius 2 is 2.12 bits per heavy atom. The summed E-state index contributed by atoms with van der Waals surface area (Å²) in [5, 5.41) is 8.15. The number of hydrogen-bond donors (Lipinski definition) is 1. The minimum atomic E-state index is 0.314. The quantitative estimate of drug-likeness (QED) is 0.765. The van der Waals surface area contributed by atoms with E-state index < -0.39 is 0 Å². The Kier molecular flexibility index (Phi) is 4.37. The van der Waals surface area contributed by atoms with Gasteiger partial charge in [-0.2, -0.15) is 0 Å². The van der Waals surface area contributed by atoms with Crippen LogP contribution < -0.4 is 5.73 Å². The monoisotopic (exact) mass is 241 g/mol. The van der Waals surface area contributed by atoms with E-state index in [4.69, 9.17) is 18.0 Å².